The summed E-state index contributed by atoms with van der Waals surface area (Å²) in [7, 11) is 0. The second-order valence-electron chi connectivity index (χ2n) is 6.57. The summed E-state index contributed by atoms with van der Waals surface area (Å²) in [4.78, 5) is 14.4. The number of thiazole rings is 1. The molecule has 1 saturated heterocycles. The van der Waals surface area contributed by atoms with Crippen molar-refractivity contribution in [2.75, 3.05) is 52.4 Å². The summed E-state index contributed by atoms with van der Waals surface area (Å²) in [5.74, 6) is 0.911. The molecule has 0 aromatic carbocycles. The van der Waals surface area contributed by atoms with Gasteiger partial charge in [-0.15, -0.1) is 35.3 Å². The lowest BCUT2D eigenvalue weighted by atomic mass is 10.2. The van der Waals surface area contributed by atoms with Crippen molar-refractivity contribution >= 4 is 41.3 Å². The number of nitrogens with zero attached hydrogens (tertiary/aromatic N) is 4. The normalized spacial score (nSPS) is 17.6. The number of guanidine groups is 1. The third kappa shape index (κ3) is 8.06. The van der Waals surface area contributed by atoms with E-state index < -0.39 is 0 Å². The van der Waals surface area contributed by atoms with Crippen LogP contribution < -0.4 is 10.6 Å². The highest BCUT2D eigenvalue weighted by Crippen LogP contribution is 2.08. The molecule has 1 aromatic rings. The van der Waals surface area contributed by atoms with Gasteiger partial charge in [-0.25, -0.2) is 4.98 Å². The van der Waals surface area contributed by atoms with Crippen molar-refractivity contribution < 1.29 is 0 Å². The summed E-state index contributed by atoms with van der Waals surface area (Å²) in [6.45, 7) is 17.1. The van der Waals surface area contributed by atoms with Gasteiger partial charge in [0.2, 0.25) is 0 Å². The van der Waals surface area contributed by atoms with Crippen LogP contribution in [0.25, 0.3) is 0 Å². The van der Waals surface area contributed by atoms with Gasteiger partial charge in [-0.05, 0) is 27.3 Å². The summed E-state index contributed by atoms with van der Waals surface area (Å²) in [5.41, 5.74) is 1.16. The van der Waals surface area contributed by atoms with Crippen molar-refractivity contribution in [2.45, 2.75) is 40.2 Å². The Kier molecular flexibility index (Phi) is 11.7. The standard InChI is InChI=1S/C18H34N6S.HI/c1-5-19-18(20-8-7-17-14-25-16(4)22-17)21-13-15(3)24-11-9-23(6-2)10-12-24;/h14-15H,5-13H2,1-4H3,(H2,19,20,21);1H. The predicted molar refractivity (Wildman–Crippen MR) is 123 cm³/mol. The minimum Gasteiger partial charge on any atom is -0.357 e. The fourth-order valence-electron chi connectivity index (χ4n) is 3.03. The van der Waals surface area contributed by atoms with Gasteiger partial charge in [0.15, 0.2) is 5.96 Å². The first kappa shape index (κ1) is 23.6. The van der Waals surface area contributed by atoms with Crippen molar-refractivity contribution in [3.8, 4) is 0 Å². The van der Waals surface area contributed by atoms with Crippen LogP contribution in [-0.2, 0) is 6.42 Å². The fraction of sp³-hybridized carbons (Fsp3) is 0.778. The van der Waals surface area contributed by atoms with Crippen molar-refractivity contribution in [1.82, 2.24) is 25.4 Å². The van der Waals surface area contributed by atoms with Gasteiger partial charge in [-0.3, -0.25) is 9.89 Å². The molecular formula is C18H35IN6S. The number of piperazine rings is 1. The molecule has 1 aliphatic heterocycles. The number of aryl methyl sites for hydroxylation is 1. The van der Waals surface area contributed by atoms with Crippen LogP contribution in [0.3, 0.4) is 0 Å². The molecule has 0 saturated carbocycles. The predicted octanol–water partition coefficient (Wildman–Crippen LogP) is 2.19. The van der Waals surface area contributed by atoms with Crippen molar-refractivity contribution in [2.24, 2.45) is 4.99 Å². The molecular weight excluding hydrogens is 459 g/mol. The molecule has 1 unspecified atom stereocenters. The lowest BCUT2D eigenvalue weighted by molar-refractivity contribution is 0.109. The van der Waals surface area contributed by atoms with E-state index in [1.165, 1.54) is 13.1 Å². The zero-order valence-corrected chi connectivity index (χ0v) is 19.8. The molecule has 0 amide bonds. The molecule has 150 valence electrons. The third-order valence-electron chi connectivity index (χ3n) is 4.68. The van der Waals surface area contributed by atoms with E-state index in [2.05, 4.69) is 58.5 Å². The van der Waals surface area contributed by atoms with Gasteiger partial charge in [-0.1, -0.05) is 6.92 Å². The summed E-state index contributed by atoms with van der Waals surface area (Å²) >= 11 is 1.71. The number of nitrogens with one attached hydrogen (secondary N) is 2. The zero-order chi connectivity index (χ0) is 18.1. The van der Waals surface area contributed by atoms with Crippen LogP contribution in [0.2, 0.25) is 0 Å². The molecule has 2 rings (SSSR count). The summed E-state index contributed by atoms with van der Waals surface area (Å²) in [5, 5.41) is 10.0. The molecule has 0 spiro atoms. The van der Waals surface area contributed by atoms with Gasteiger partial charge < -0.3 is 15.5 Å². The SMILES string of the molecule is CCNC(=NCC(C)N1CCN(CC)CC1)NCCc1csc(C)n1.I. The maximum absolute atomic E-state index is 4.79. The Morgan fingerprint density at radius 1 is 1.27 bits per heavy atom. The lowest BCUT2D eigenvalue weighted by Crippen LogP contribution is -2.50. The summed E-state index contributed by atoms with van der Waals surface area (Å²) < 4.78 is 0. The van der Waals surface area contributed by atoms with Crippen LogP contribution >= 0.6 is 35.3 Å². The number of rotatable bonds is 8. The minimum atomic E-state index is 0. The van der Waals surface area contributed by atoms with E-state index in [1.54, 1.807) is 11.3 Å². The Bertz CT molecular complexity index is 528. The molecule has 6 nitrogen and oxygen atoms in total. The first-order valence-electron chi connectivity index (χ1n) is 9.52. The Morgan fingerprint density at radius 2 is 2.00 bits per heavy atom. The van der Waals surface area contributed by atoms with Crippen LogP contribution in [0.4, 0.5) is 0 Å². The van der Waals surface area contributed by atoms with Crippen LogP contribution in [-0.4, -0.2) is 79.1 Å². The van der Waals surface area contributed by atoms with Gasteiger partial charge in [0.1, 0.15) is 0 Å². The van der Waals surface area contributed by atoms with Crippen molar-refractivity contribution in [1.29, 1.82) is 0 Å². The van der Waals surface area contributed by atoms with Crippen LogP contribution in [0.15, 0.2) is 10.4 Å². The highest BCUT2D eigenvalue weighted by Gasteiger charge is 2.19. The molecule has 1 fully saturated rings. The first-order valence-corrected chi connectivity index (χ1v) is 10.4. The van der Waals surface area contributed by atoms with E-state index in [-0.39, 0.29) is 24.0 Å². The van der Waals surface area contributed by atoms with E-state index in [4.69, 9.17) is 4.99 Å². The maximum Gasteiger partial charge on any atom is 0.191 e. The Labute approximate surface area is 179 Å². The molecule has 2 heterocycles. The molecule has 0 bridgehead atoms. The maximum atomic E-state index is 4.79. The molecule has 1 atom stereocenters. The largest absolute Gasteiger partial charge is 0.357 e. The molecule has 2 N–H and O–H groups in total. The fourth-order valence-corrected chi connectivity index (χ4v) is 3.68. The number of halogens is 1. The molecule has 8 heteroatoms. The Balaban J connectivity index is 0.00000338. The van der Waals surface area contributed by atoms with Gasteiger partial charge >= 0.3 is 0 Å². The molecule has 1 aliphatic rings. The average Bonchev–Trinajstić information content (AvgIpc) is 3.04. The zero-order valence-electron chi connectivity index (χ0n) is 16.6. The van der Waals surface area contributed by atoms with Crippen LogP contribution in [0.1, 0.15) is 31.5 Å². The van der Waals surface area contributed by atoms with E-state index >= 15 is 0 Å². The molecule has 26 heavy (non-hydrogen) atoms. The van der Waals surface area contributed by atoms with Gasteiger partial charge in [0.25, 0.3) is 0 Å². The molecule has 0 aliphatic carbocycles. The van der Waals surface area contributed by atoms with Crippen LogP contribution in [0, 0.1) is 6.92 Å². The van der Waals surface area contributed by atoms with Crippen LogP contribution in [0.5, 0.6) is 0 Å². The second-order valence-corrected chi connectivity index (χ2v) is 7.64. The summed E-state index contributed by atoms with van der Waals surface area (Å²) in [6, 6.07) is 0.482. The topological polar surface area (TPSA) is 55.8 Å². The van der Waals surface area contributed by atoms with Gasteiger partial charge in [-0.2, -0.15) is 0 Å². The number of aliphatic imine (C=N–C) groups is 1. The van der Waals surface area contributed by atoms with E-state index in [9.17, 15) is 0 Å². The number of aromatic nitrogens is 1. The summed E-state index contributed by atoms with van der Waals surface area (Å²) in [6.07, 6.45) is 0.934. The minimum absolute atomic E-state index is 0. The molecule has 1 aromatic heterocycles. The monoisotopic (exact) mass is 494 g/mol. The average molecular weight is 494 g/mol. The van der Waals surface area contributed by atoms with Crippen molar-refractivity contribution in [3.63, 3.8) is 0 Å². The first-order chi connectivity index (χ1) is 12.1. The number of hydrogen-bond donors (Lipinski definition) is 2. The number of likely N-dealkylation sites (N-methyl/N-ethyl adjacent to an activating group) is 1. The number of hydrogen-bond acceptors (Lipinski definition) is 5. The highest BCUT2D eigenvalue weighted by molar-refractivity contribution is 14.0. The highest BCUT2D eigenvalue weighted by atomic mass is 127. The van der Waals surface area contributed by atoms with Gasteiger partial charge in [0.05, 0.1) is 17.2 Å². The Hall–Kier alpha value is -0.450. The van der Waals surface area contributed by atoms with E-state index in [0.717, 1.165) is 62.4 Å². The molecule has 0 radical (unpaired) electrons. The van der Waals surface area contributed by atoms with Gasteiger partial charge in [0, 0.05) is 57.1 Å². The third-order valence-corrected chi connectivity index (χ3v) is 5.50. The quantitative estimate of drug-likeness (QED) is 0.330. The van der Waals surface area contributed by atoms with E-state index in [1.807, 2.05) is 0 Å². The Morgan fingerprint density at radius 3 is 2.58 bits per heavy atom. The lowest BCUT2D eigenvalue weighted by Gasteiger charge is -2.37. The second kappa shape index (κ2) is 12.9. The van der Waals surface area contributed by atoms with E-state index in [0.29, 0.717) is 6.04 Å². The smallest absolute Gasteiger partial charge is 0.191 e. The van der Waals surface area contributed by atoms with Crippen molar-refractivity contribution in [3.05, 3.63) is 16.1 Å².